The van der Waals surface area contributed by atoms with E-state index in [0.29, 0.717) is 12.1 Å². The Hall–Kier alpha value is -2.50. The van der Waals surface area contributed by atoms with Gasteiger partial charge in [0.15, 0.2) is 11.6 Å². The Labute approximate surface area is 106 Å². The molecule has 2 aromatic carbocycles. The lowest BCUT2D eigenvalue weighted by atomic mass is 10.1. The van der Waals surface area contributed by atoms with Crippen molar-refractivity contribution < 1.29 is 23.1 Å². The van der Waals surface area contributed by atoms with Crippen LogP contribution in [0, 0.1) is 17.5 Å². The second-order valence-electron chi connectivity index (χ2n) is 3.76. The Morgan fingerprint density at radius 3 is 2.21 bits per heavy atom. The van der Waals surface area contributed by atoms with Crippen LogP contribution in [0.2, 0.25) is 0 Å². The molecule has 2 aromatic rings. The Morgan fingerprint density at radius 2 is 1.68 bits per heavy atom. The topological polar surface area (TPSA) is 49.3 Å². The van der Waals surface area contributed by atoms with E-state index >= 15 is 0 Å². The van der Waals surface area contributed by atoms with E-state index < -0.39 is 34.7 Å². The SMILES string of the molecule is O=C(O)c1cc(F)c(Nc2cccc(F)c2)c(F)c1. The third kappa shape index (κ3) is 2.85. The Morgan fingerprint density at radius 1 is 1.05 bits per heavy atom. The highest BCUT2D eigenvalue weighted by Crippen LogP contribution is 2.25. The van der Waals surface area contributed by atoms with Gasteiger partial charge in [0.2, 0.25) is 0 Å². The van der Waals surface area contributed by atoms with E-state index in [9.17, 15) is 18.0 Å². The molecule has 19 heavy (non-hydrogen) atoms. The quantitative estimate of drug-likeness (QED) is 0.894. The third-order valence-corrected chi connectivity index (χ3v) is 2.38. The summed E-state index contributed by atoms with van der Waals surface area (Å²) >= 11 is 0. The zero-order valence-corrected chi connectivity index (χ0v) is 9.45. The maximum Gasteiger partial charge on any atom is 0.335 e. The molecule has 0 aliphatic heterocycles. The summed E-state index contributed by atoms with van der Waals surface area (Å²) < 4.78 is 40.1. The molecular formula is C13H8F3NO2. The Bertz CT molecular complexity index is 621. The van der Waals surface area contributed by atoms with Gasteiger partial charge < -0.3 is 10.4 Å². The first-order valence-electron chi connectivity index (χ1n) is 5.22. The summed E-state index contributed by atoms with van der Waals surface area (Å²) in [6.07, 6.45) is 0. The lowest BCUT2D eigenvalue weighted by Crippen LogP contribution is -2.03. The van der Waals surface area contributed by atoms with Crippen molar-refractivity contribution in [2.45, 2.75) is 0 Å². The van der Waals surface area contributed by atoms with Crippen LogP contribution < -0.4 is 5.32 Å². The molecule has 0 fully saturated rings. The number of anilines is 2. The second kappa shape index (κ2) is 5.01. The predicted molar refractivity (Wildman–Crippen MR) is 63.0 cm³/mol. The normalized spacial score (nSPS) is 10.3. The summed E-state index contributed by atoms with van der Waals surface area (Å²) in [5.74, 6) is -4.13. The van der Waals surface area contributed by atoms with Crippen LogP contribution in [0.25, 0.3) is 0 Å². The number of hydrogen-bond acceptors (Lipinski definition) is 2. The van der Waals surface area contributed by atoms with Gasteiger partial charge in [0, 0.05) is 5.69 Å². The van der Waals surface area contributed by atoms with E-state index in [1.807, 2.05) is 0 Å². The van der Waals surface area contributed by atoms with Gasteiger partial charge in [-0.05, 0) is 30.3 Å². The average Bonchev–Trinajstić information content (AvgIpc) is 2.33. The second-order valence-corrected chi connectivity index (χ2v) is 3.76. The molecular weight excluding hydrogens is 259 g/mol. The summed E-state index contributed by atoms with van der Waals surface area (Å²) in [7, 11) is 0. The molecule has 0 unspecified atom stereocenters. The monoisotopic (exact) mass is 267 g/mol. The summed E-state index contributed by atoms with van der Waals surface area (Å²) in [6, 6.07) is 6.42. The van der Waals surface area contributed by atoms with Gasteiger partial charge in [-0.2, -0.15) is 0 Å². The molecule has 2 rings (SSSR count). The lowest BCUT2D eigenvalue weighted by molar-refractivity contribution is 0.0696. The number of benzene rings is 2. The van der Waals surface area contributed by atoms with Crippen LogP contribution >= 0.6 is 0 Å². The fourth-order valence-corrected chi connectivity index (χ4v) is 1.53. The maximum absolute atomic E-state index is 13.6. The minimum absolute atomic E-state index is 0.154. The molecule has 3 nitrogen and oxygen atoms in total. The summed E-state index contributed by atoms with van der Waals surface area (Å²) in [5, 5.41) is 11.0. The van der Waals surface area contributed by atoms with Gasteiger partial charge >= 0.3 is 5.97 Å². The fourth-order valence-electron chi connectivity index (χ4n) is 1.53. The lowest BCUT2D eigenvalue weighted by Gasteiger charge is -2.09. The number of rotatable bonds is 3. The van der Waals surface area contributed by atoms with E-state index in [1.165, 1.54) is 18.2 Å². The van der Waals surface area contributed by atoms with Crippen LogP contribution in [0.5, 0.6) is 0 Å². The van der Waals surface area contributed by atoms with Gasteiger partial charge in [-0.15, -0.1) is 0 Å². The minimum atomic E-state index is -1.44. The summed E-state index contributed by atoms with van der Waals surface area (Å²) in [6.45, 7) is 0. The molecule has 0 heterocycles. The van der Waals surface area contributed by atoms with Crippen LogP contribution in [0.1, 0.15) is 10.4 Å². The van der Waals surface area contributed by atoms with Crippen LogP contribution in [0.4, 0.5) is 24.5 Å². The number of halogens is 3. The number of hydrogen-bond donors (Lipinski definition) is 2. The van der Waals surface area contributed by atoms with E-state index in [0.717, 1.165) is 6.07 Å². The average molecular weight is 267 g/mol. The number of carboxylic acids is 1. The van der Waals surface area contributed by atoms with E-state index in [4.69, 9.17) is 5.11 Å². The van der Waals surface area contributed by atoms with Gasteiger partial charge in [-0.3, -0.25) is 0 Å². The van der Waals surface area contributed by atoms with Gasteiger partial charge in [0.1, 0.15) is 11.5 Å². The van der Waals surface area contributed by atoms with Crippen molar-refractivity contribution in [3.63, 3.8) is 0 Å². The minimum Gasteiger partial charge on any atom is -0.478 e. The highest BCUT2D eigenvalue weighted by atomic mass is 19.1. The van der Waals surface area contributed by atoms with Crippen LogP contribution in [-0.4, -0.2) is 11.1 Å². The number of aromatic carboxylic acids is 1. The van der Waals surface area contributed by atoms with Gasteiger partial charge in [0.05, 0.1) is 5.56 Å². The van der Waals surface area contributed by atoms with Gasteiger partial charge in [-0.1, -0.05) is 6.07 Å². The zero-order chi connectivity index (χ0) is 14.0. The summed E-state index contributed by atoms with van der Waals surface area (Å²) in [5.41, 5.74) is -0.878. The molecule has 98 valence electrons. The van der Waals surface area contributed by atoms with Crippen molar-refractivity contribution in [1.29, 1.82) is 0 Å². The molecule has 0 saturated carbocycles. The van der Waals surface area contributed by atoms with Crippen molar-refractivity contribution in [2.24, 2.45) is 0 Å². The fraction of sp³-hybridized carbons (Fsp3) is 0. The van der Waals surface area contributed by atoms with Crippen molar-refractivity contribution in [2.75, 3.05) is 5.32 Å². The zero-order valence-electron chi connectivity index (χ0n) is 9.45. The Kier molecular flexibility index (Phi) is 3.41. The Balaban J connectivity index is 2.38. The molecule has 0 bridgehead atoms. The van der Waals surface area contributed by atoms with E-state index in [-0.39, 0.29) is 5.69 Å². The van der Waals surface area contributed by atoms with E-state index in [2.05, 4.69) is 5.32 Å². The molecule has 0 aliphatic rings. The number of carboxylic acid groups (broad SMARTS) is 1. The van der Waals surface area contributed by atoms with Crippen molar-refractivity contribution in [3.05, 3.63) is 59.4 Å². The first-order chi connectivity index (χ1) is 8.97. The standard InChI is InChI=1S/C13H8F3NO2/c14-8-2-1-3-9(6-8)17-12-10(15)4-7(13(18)19)5-11(12)16/h1-6,17H,(H,18,19). The van der Waals surface area contributed by atoms with Crippen molar-refractivity contribution >= 4 is 17.3 Å². The van der Waals surface area contributed by atoms with Gasteiger partial charge in [-0.25, -0.2) is 18.0 Å². The first-order valence-corrected chi connectivity index (χ1v) is 5.22. The largest absolute Gasteiger partial charge is 0.478 e. The molecule has 6 heteroatoms. The molecule has 2 N–H and O–H groups in total. The number of nitrogens with one attached hydrogen (secondary N) is 1. The number of carbonyl (C=O) groups is 1. The molecule has 0 atom stereocenters. The highest BCUT2D eigenvalue weighted by molar-refractivity contribution is 5.88. The smallest absolute Gasteiger partial charge is 0.335 e. The van der Waals surface area contributed by atoms with Crippen molar-refractivity contribution in [1.82, 2.24) is 0 Å². The van der Waals surface area contributed by atoms with Crippen molar-refractivity contribution in [3.8, 4) is 0 Å². The first kappa shape index (κ1) is 12.9. The molecule has 0 spiro atoms. The third-order valence-electron chi connectivity index (χ3n) is 2.38. The molecule has 0 saturated heterocycles. The molecule has 0 aliphatic carbocycles. The molecule has 0 aromatic heterocycles. The molecule has 0 radical (unpaired) electrons. The predicted octanol–water partition coefficient (Wildman–Crippen LogP) is 3.55. The van der Waals surface area contributed by atoms with Gasteiger partial charge in [0.25, 0.3) is 0 Å². The van der Waals surface area contributed by atoms with Crippen LogP contribution in [0.15, 0.2) is 36.4 Å². The molecule has 0 amide bonds. The van der Waals surface area contributed by atoms with E-state index in [1.54, 1.807) is 0 Å². The van der Waals surface area contributed by atoms with Crippen LogP contribution in [0.3, 0.4) is 0 Å². The highest BCUT2D eigenvalue weighted by Gasteiger charge is 2.14. The van der Waals surface area contributed by atoms with Crippen LogP contribution in [-0.2, 0) is 0 Å². The maximum atomic E-state index is 13.6. The summed E-state index contributed by atoms with van der Waals surface area (Å²) in [4.78, 5) is 10.6.